The van der Waals surface area contributed by atoms with E-state index in [0.29, 0.717) is 25.0 Å². The number of carbonyl (C=O) groups is 1. The number of esters is 1. The highest BCUT2D eigenvalue weighted by atomic mass is 16.6. The van der Waals surface area contributed by atoms with Gasteiger partial charge in [-0.15, -0.1) is 0 Å². The Morgan fingerprint density at radius 3 is 2.50 bits per heavy atom. The number of likely N-dealkylation sites (N-methyl/N-ethyl adjacent to an activating group) is 1. The molecule has 0 saturated heterocycles. The fourth-order valence-corrected chi connectivity index (χ4v) is 2.74. The van der Waals surface area contributed by atoms with Crippen molar-refractivity contribution in [2.45, 2.75) is 58.1 Å². The molecule has 4 heteroatoms. The number of nitrogens with zero attached hydrogens (tertiary/aromatic N) is 1. The minimum absolute atomic E-state index is 0.147. The molecule has 18 heavy (non-hydrogen) atoms. The highest BCUT2D eigenvalue weighted by Gasteiger charge is 2.29. The first-order valence-corrected chi connectivity index (χ1v) is 6.95. The van der Waals surface area contributed by atoms with Crippen LogP contribution in [0.4, 0.5) is 0 Å². The smallest absolute Gasteiger partial charge is 0.320 e. The van der Waals surface area contributed by atoms with Crippen molar-refractivity contribution in [1.29, 1.82) is 0 Å². The second-order valence-electron chi connectivity index (χ2n) is 6.35. The lowest BCUT2D eigenvalue weighted by Gasteiger charge is -2.37. The van der Waals surface area contributed by atoms with Crippen LogP contribution in [-0.2, 0) is 9.53 Å². The molecule has 1 saturated carbocycles. The van der Waals surface area contributed by atoms with Crippen LogP contribution in [0.15, 0.2) is 0 Å². The molecular formula is C14H28N2O2. The van der Waals surface area contributed by atoms with Crippen LogP contribution in [0.2, 0.25) is 0 Å². The fourth-order valence-electron chi connectivity index (χ4n) is 2.74. The molecule has 0 bridgehead atoms. The average Bonchev–Trinajstić information content (AvgIpc) is 2.26. The van der Waals surface area contributed by atoms with Gasteiger partial charge in [0.2, 0.25) is 0 Å². The molecule has 4 nitrogen and oxygen atoms in total. The molecule has 1 rings (SSSR count). The molecule has 2 N–H and O–H groups in total. The highest BCUT2D eigenvalue weighted by Crippen LogP contribution is 2.27. The first-order chi connectivity index (χ1) is 8.33. The summed E-state index contributed by atoms with van der Waals surface area (Å²) >= 11 is 0. The van der Waals surface area contributed by atoms with E-state index in [0.717, 1.165) is 6.42 Å². The zero-order chi connectivity index (χ0) is 13.8. The van der Waals surface area contributed by atoms with E-state index in [9.17, 15) is 4.79 Å². The van der Waals surface area contributed by atoms with Crippen LogP contribution in [0.3, 0.4) is 0 Å². The van der Waals surface area contributed by atoms with Crippen molar-refractivity contribution in [3.63, 3.8) is 0 Å². The third-order valence-corrected chi connectivity index (χ3v) is 3.54. The lowest BCUT2D eigenvalue weighted by atomic mass is 9.84. The van der Waals surface area contributed by atoms with E-state index in [4.69, 9.17) is 10.5 Å². The number of ether oxygens (including phenoxy) is 1. The van der Waals surface area contributed by atoms with E-state index in [1.807, 2.05) is 27.8 Å². The van der Waals surface area contributed by atoms with Crippen molar-refractivity contribution in [3.8, 4) is 0 Å². The van der Waals surface area contributed by atoms with Gasteiger partial charge in [0.25, 0.3) is 0 Å². The molecule has 0 aromatic carbocycles. The first-order valence-electron chi connectivity index (χ1n) is 6.95. The van der Waals surface area contributed by atoms with Gasteiger partial charge in [0, 0.05) is 6.04 Å². The average molecular weight is 256 g/mol. The Bertz CT molecular complexity index is 273. The third-order valence-electron chi connectivity index (χ3n) is 3.54. The summed E-state index contributed by atoms with van der Waals surface area (Å²) in [6.07, 6.45) is 4.82. The molecule has 0 aromatic rings. The zero-order valence-corrected chi connectivity index (χ0v) is 12.2. The van der Waals surface area contributed by atoms with Gasteiger partial charge in [-0.2, -0.15) is 0 Å². The van der Waals surface area contributed by atoms with Gasteiger partial charge in [0.15, 0.2) is 0 Å². The van der Waals surface area contributed by atoms with Crippen LogP contribution in [0, 0.1) is 5.92 Å². The van der Waals surface area contributed by atoms with Crippen LogP contribution in [0.1, 0.15) is 46.5 Å². The van der Waals surface area contributed by atoms with Crippen LogP contribution >= 0.6 is 0 Å². The predicted molar refractivity (Wildman–Crippen MR) is 73.3 cm³/mol. The van der Waals surface area contributed by atoms with E-state index in [-0.39, 0.29) is 5.97 Å². The van der Waals surface area contributed by atoms with Gasteiger partial charge < -0.3 is 10.5 Å². The van der Waals surface area contributed by atoms with Crippen LogP contribution in [-0.4, -0.2) is 42.6 Å². The summed E-state index contributed by atoms with van der Waals surface area (Å²) in [5, 5.41) is 0. The molecule has 1 aliphatic rings. The van der Waals surface area contributed by atoms with E-state index in [1.165, 1.54) is 19.3 Å². The molecule has 106 valence electrons. The lowest BCUT2D eigenvalue weighted by Crippen LogP contribution is -2.46. The van der Waals surface area contributed by atoms with Crippen LogP contribution in [0.25, 0.3) is 0 Å². The van der Waals surface area contributed by atoms with Crippen LogP contribution < -0.4 is 5.73 Å². The van der Waals surface area contributed by atoms with Gasteiger partial charge in [0.05, 0.1) is 6.54 Å². The predicted octanol–water partition coefficient (Wildman–Crippen LogP) is 1.78. The molecule has 0 aromatic heterocycles. The topological polar surface area (TPSA) is 55.6 Å². The summed E-state index contributed by atoms with van der Waals surface area (Å²) in [4.78, 5) is 13.9. The summed E-state index contributed by atoms with van der Waals surface area (Å²) in [7, 11) is 2.00. The number of hydrogen-bond acceptors (Lipinski definition) is 4. The number of rotatable bonds is 4. The summed E-state index contributed by atoms with van der Waals surface area (Å²) in [5.74, 6) is 0.373. The second-order valence-corrected chi connectivity index (χ2v) is 6.35. The Morgan fingerprint density at radius 1 is 1.33 bits per heavy atom. The number of nitrogens with two attached hydrogens (primary N) is 1. The first kappa shape index (κ1) is 15.4. The molecule has 1 fully saturated rings. The molecule has 0 aliphatic heterocycles. The van der Waals surface area contributed by atoms with Gasteiger partial charge in [-0.1, -0.05) is 12.8 Å². The Hall–Kier alpha value is -0.610. The van der Waals surface area contributed by atoms with Gasteiger partial charge in [-0.3, -0.25) is 9.69 Å². The van der Waals surface area contributed by atoms with Crippen molar-refractivity contribution >= 4 is 5.97 Å². The maximum Gasteiger partial charge on any atom is 0.320 e. The maximum atomic E-state index is 11.8. The fraction of sp³-hybridized carbons (Fsp3) is 0.929. The highest BCUT2D eigenvalue weighted by molar-refractivity contribution is 5.72. The third kappa shape index (κ3) is 4.94. The van der Waals surface area contributed by atoms with Gasteiger partial charge >= 0.3 is 5.97 Å². The molecule has 0 radical (unpaired) electrons. The Labute approximate surface area is 111 Å². The standard InChI is InChI=1S/C14H28N2O2/c1-14(2,3)18-13(17)10-16(4)12-8-6-5-7-11(12)9-15/h11-12H,5-10,15H2,1-4H3. The molecule has 0 amide bonds. The Balaban J connectivity index is 2.48. The van der Waals surface area contributed by atoms with Crippen LogP contribution in [0.5, 0.6) is 0 Å². The zero-order valence-electron chi connectivity index (χ0n) is 12.2. The quantitative estimate of drug-likeness (QED) is 0.779. The monoisotopic (exact) mass is 256 g/mol. The molecule has 2 unspecified atom stereocenters. The molecule has 1 aliphatic carbocycles. The molecule has 0 heterocycles. The Kier molecular flexibility index (Phi) is 5.60. The van der Waals surface area contributed by atoms with E-state index in [1.54, 1.807) is 0 Å². The van der Waals surface area contributed by atoms with E-state index >= 15 is 0 Å². The van der Waals surface area contributed by atoms with Crippen molar-refractivity contribution < 1.29 is 9.53 Å². The normalized spacial score (nSPS) is 25.2. The Morgan fingerprint density at radius 2 is 1.94 bits per heavy atom. The minimum atomic E-state index is -0.405. The molecule has 2 atom stereocenters. The van der Waals surface area contributed by atoms with Crippen molar-refractivity contribution in [3.05, 3.63) is 0 Å². The molecular weight excluding hydrogens is 228 g/mol. The van der Waals surface area contributed by atoms with Gasteiger partial charge in [0.1, 0.15) is 5.60 Å². The maximum absolute atomic E-state index is 11.8. The van der Waals surface area contributed by atoms with Crippen molar-refractivity contribution in [2.75, 3.05) is 20.1 Å². The van der Waals surface area contributed by atoms with Gasteiger partial charge in [-0.05, 0) is 53.1 Å². The summed E-state index contributed by atoms with van der Waals surface area (Å²) in [6.45, 7) is 6.76. The lowest BCUT2D eigenvalue weighted by molar-refractivity contribution is -0.156. The van der Waals surface area contributed by atoms with Gasteiger partial charge in [-0.25, -0.2) is 0 Å². The van der Waals surface area contributed by atoms with Crippen molar-refractivity contribution in [2.24, 2.45) is 11.7 Å². The number of carbonyl (C=O) groups excluding carboxylic acids is 1. The summed E-state index contributed by atoms with van der Waals surface area (Å²) in [6, 6.07) is 0.427. The van der Waals surface area contributed by atoms with E-state index < -0.39 is 5.60 Å². The van der Waals surface area contributed by atoms with Crippen molar-refractivity contribution in [1.82, 2.24) is 4.90 Å². The molecule has 0 spiro atoms. The number of hydrogen-bond donors (Lipinski definition) is 1. The second kappa shape index (κ2) is 6.53. The van der Waals surface area contributed by atoms with E-state index in [2.05, 4.69) is 4.90 Å². The summed E-state index contributed by atoms with van der Waals surface area (Å²) < 4.78 is 5.36. The summed E-state index contributed by atoms with van der Waals surface area (Å²) in [5.41, 5.74) is 5.42. The minimum Gasteiger partial charge on any atom is -0.459 e. The largest absolute Gasteiger partial charge is 0.459 e. The SMILES string of the molecule is CN(CC(=O)OC(C)(C)C)C1CCCCC1CN.